The minimum Gasteiger partial charge on any atom is -0.465 e. The molecule has 6 heteroatoms. The molecule has 2 heterocycles. The molecule has 1 aromatic rings. The number of amides is 2. The van der Waals surface area contributed by atoms with Crippen LogP contribution in [0.3, 0.4) is 0 Å². The van der Waals surface area contributed by atoms with E-state index < -0.39 is 17.8 Å². The topological polar surface area (TPSA) is 76.8 Å². The van der Waals surface area contributed by atoms with E-state index >= 15 is 0 Å². The highest BCUT2D eigenvalue weighted by molar-refractivity contribution is 6.02. The van der Waals surface area contributed by atoms with E-state index in [1.54, 1.807) is 12.1 Å². The summed E-state index contributed by atoms with van der Waals surface area (Å²) in [6.07, 6.45) is 4.08. The maximum Gasteiger partial charge on any atom is 0.356 e. The first-order chi connectivity index (χ1) is 8.16. The van der Waals surface area contributed by atoms with Gasteiger partial charge >= 0.3 is 5.97 Å². The van der Waals surface area contributed by atoms with Gasteiger partial charge in [-0.25, -0.2) is 4.79 Å². The molecule has 1 aliphatic rings. The Labute approximate surface area is 96.4 Å². The number of hydrogen-bond acceptors (Lipinski definition) is 5. The van der Waals surface area contributed by atoms with Gasteiger partial charge in [-0.1, -0.05) is 0 Å². The lowest BCUT2D eigenvalue weighted by molar-refractivity contribution is -0.193. The summed E-state index contributed by atoms with van der Waals surface area (Å²) in [5, 5.41) is 0.495. The fraction of sp³-hybridized carbons (Fsp3) is 0.182. The van der Waals surface area contributed by atoms with Crippen LogP contribution in [0.15, 0.2) is 28.9 Å². The van der Waals surface area contributed by atoms with Gasteiger partial charge in [-0.3, -0.25) is 9.59 Å². The van der Waals surface area contributed by atoms with Crippen molar-refractivity contribution in [3.63, 3.8) is 0 Å². The molecule has 0 radical (unpaired) electrons. The Balaban J connectivity index is 1.93. The molecule has 0 unspecified atom stereocenters. The van der Waals surface area contributed by atoms with Crippen LogP contribution in [0, 0.1) is 0 Å². The highest BCUT2D eigenvalue weighted by Crippen LogP contribution is 2.12. The number of nitrogens with zero attached hydrogens (tertiary/aromatic N) is 1. The van der Waals surface area contributed by atoms with Crippen LogP contribution in [0.4, 0.5) is 0 Å². The second-order valence-electron chi connectivity index (χ2n) is 3.34. The van der Waals surface area contributed by atoms with Crippen LogP contribution >= 0.6 is 0 Å². The van der Waals surface area contributed by atoms with Crippen LogP contribution < -0.4 is 0 Å². The molecule has 1 fully saturated rings. The van der Waals surface area contributed by atoms with Crippen LogP contribution in [0.2, 0.25) is 0 Å². The number of hydrogen-bond donors (Lipinski definition) is 0. The summed E-state index contributed by atoms with van der Waals surface area (Å²) in [7, 11) is 0. The molecule has 0 saturated carbocycles. The lowest BCUT2D eigenvalue weighted by Crippen LogP contribution is -2.31. The van der Waals surface area contributed by atoms with Crippen molar-refractivity contribution in [1.29, 1.82) is 0 Å². The molecule has 0 atom stereocenters. The van der Waals surface area contributed by atoms with Gasteiger partial charge < -0.3 is 9.25 Å². The van der Waals surface area contributed by atoms with E-state index in [9.17, 15) is 14.4 Å². The van der Waals surface area contributed by atoms with E-state index in [1.807, 2.05) is 0 Å². The molecule has 0 aliphatic carbocycles. The SMILES string of the molecule is O=C(/C=C/c1ccco1)ON1C(=O)CCC1=O. The van der Waals surface area contributed by atoms with Gasteiger partial charge in [0.2, 0.25) is 0 Å². The van der Waals surface area contributed by atoms with Gasteiger partial charge in [0.15, 0.2) is 0 Å². The fourth-order valence-corrected chi connectivity index (χ4v) is 1.31. The third-order valence-electron chi connectivity index (χ3n) is 2.11. The van der Waals surface area contributed by atoms with Gasteiger partial charge in [-0.15, -0.1) is 5.06 Å². The predicted molar refractivity (Wildman–Crippen MR) is 54.9 cm³/mol. The number of carbonyl (C=O) groups excluding carboxylic acids is 3. The Morgan fingerprint density at radius 1 is 1.35 bits per heavy atom. The van der Waals surface area contributed by atoms with E-state index in [2.05, 4.69) is 4.84 Å². The maximum absolute atomic E-state index is 11.3. The van der Waals surface area contributed by atoms with Crippen molar-refractivity contribution in [1.82, 2.24) is 5.06 Å². The second-order valence-corrected chi connectivity index (χ2v) is 3.34. The van der Waals surface area contributed by atoms with E-state index in [-0.39, 0.29) is 12.8 Å². The van der Waals surface area contributed by atoms with Crippen LogP contribution in [0.5, 0.6) is 0 Å². The third kappa shape index (κ3) is 2.60. The monoisotopic (exact) mass is 235 g/mol. The van der Waals surface area contributed by atoms with Gasteiger partial charge in [-0.05, 0) is 18.2 Å². The lowest BCUT2D eigenvalue weighted by Gasteiger charge is -2.10. The number of hydroxylamine groups is 2. The molecular formula is C11H9NO5. The molecule has 17 heavy (non-hydrogen) atoms. The summed E-state index contributed by atoms with van der Waals surface area (Å²) in [6.45, 7) is 0. The van der Waals surface area contributed by atoms with Gasteiger partial charge in [0.1, 0.15) is 5.76 Å². The summed E-state index contributed by atoms with van der Waals surface area (Å²) >= 11 is 0. The minimum atomic E-state index is -0.801. The Morgan fingerprint density at radius 3 is 2.65 bits per heavy atom. The van der Waals surface area contributed by atoms with Crippen molar-refractivity contribution in [3.8, 4) is 0 Å². The van der Waals surface area contributed by atoms with E-state index in [0.29, 0.717) is 10.8 Å². The van der Waals surface area contributed by atoms with Crippen molar-refractivity contribution >= 4 is 23.9 Å². The quantitative estimate of drug-likeness (QED) is 0.574. The summed E-state index contributed by atoms with van der Waals surface area (Å²) in [5.41, 5.74) is 0. The van der Waals surface area contributed by atoms with E-state index in [1.165, 1.54) is 12.3 Å². The molecule has 2 rings (SSSR count). The summed E-state index contributed by atoms with van der Waals surface area (Å²) < 4.78 is 4.95. The normalized spacial score (nSPS) is 15.9. The largest absolute Gasteiger partial charge is 0.465 e. The Kier molecular flexibility index (Phi) is 3.04. The molecule has 0 bridgehead atoms. The maximum atomic E-state index is 11.3. The molecule has 1 saturated heterocycles. The Hall–Kier alpha value is -2.37. The highest BCUT2D eigenvalue weighted by Gasteiger charge is 2.32. The van der Waals surface area contributed by atoms with E-state index in [4.69, 9.17) is 4.42 Å². The molecule has 88 valence electrons. The minimum absolute atomic E-state index is 0.0774. The van der Waals surface area contributed by atoms with Crippen molar-refractivity contribution in [2.24, 2.45) is 0 Å². The van der Waals surface area contributed by atoms with Crippen molar-refractivity contribution in [3.05, 3.63) is 30.2 Å². The van der Waals surface area contributed by atoms with Crippen molar-refractivity contribution in [2.75, 3.05) is 0 Å². The second kappa shape index (κ2) is 4.65. The molecule has 0 N–H and O–H groups in total. The van der Waals surface area contributed by atoms with Crippen LogP contribution in [0.25, 0.3) is 6.08 Å². The van der Waals surface area contributed by atoms with Crippen molar-refractivity contribution in [2.45, 2.75) is 12.8 Å². The first-order valence-corrected chi connectivity index (χ1v) is 4.96. The summed E-state index contributed by atoms with van der Waals surface area (Å²) in [5.74, 6) is -1.34. The molecule has 1 aliphatic heterocycles. The predicted octanol–water partition coefficient (Wildman–Crippen LogP) is 0.900. The number of imide groups is 1. The Morgan fingerprint density at radius 2 is 2.06 bits per heavy atom. The zero-order valence-electron chi connectivity index (χ0n) is 8.79. The molecular weight excluding hydrogens is 226 g/mol. The van der Waals surface area contributed by atoms with Gasteiger partial charge in [0.05, 0.1) is 6.26 Å². The first-order valence-electron chi connectivity index (χ1n) is 4.96. The molecule has 0 spiro atoms. The fourth-order valence-electron chi connectivity index (χ4n) is 1.31. The smallest absolute Gasteiger partial charge is 0.356 e. The molecule has 0 aromatic carbocycles. The van der Waals surface area contributed by atoms with Gasteiger partial charge in [-0.2, -0.15) is 0 Å². The third-order valence-corrected chi connectivity index (χ3v) is 2.11. The van der Waals surface area contributed by atoms with Gasteiger partial charge in [0.25, 0.3) is 11.8 Å². The average Bonchev–Trinajstić information content (AvgIpc) is 2.91. The summed E-state index contributed by atoms with van der Waals surface area (Å²) in [6, 6.07) is 3.31. The average molecular weight is 235 g/mol. The van der Waals surface area contributed by atoms with Crippen LogP contribution in [0.1, 0.15) is 18.6 Å². The number of carbonyl (C=O) groups is 3. The zero-order chi connectivity index (χ0) is 12.3. The van der Waals surface area contributed by atoms with Crippen LogP contribution in [-0.4, -0.2) is 22.8 Å². The van der Waals surface area contributed by atoms with Gasteiger partial charge in [0, 0.05) is 18.9 Å². The zero-order valence-corrected chi connectivity index (χ0v) is 8.79. The number of furan rings is 1. The molecule has 2 amide bonds. The lowest BCUT2D eigenvalue weighted by atomic mass is 10.4. The molecule has 1 aromatic heterocycles. The highest BCUT2D eigenvalue weighted by atomic mass is 16.7. The van der Waals surface area contributed by atoms with Crippen molar-refractivity contribution < 1.29 is 23.6 Å². The standard InChI is InChI=1S/C11H9NO5/c13-9-4-5-10(14)12(9)17-11(15)6-3-8-2-1-7-16-8/h1-3,6-7H,4-5H2/b6-3+. The van der Waals surface area contributed by atoms with E-state index in [0.717, 1.165) is 6.08 Å². The Bertz CT molecular complexity index is 458. The number of rotatable bonds is 3. The first kappa shape index (κ1) is 11.1. The van der Waals surface area contributed by atoms with Crippen LogP contribution in [-0.2, 0) is 19.2 Å². The molecule has 6 nitrogen and oxygen atoms in total. The summed E-state index contributed by atoms with van der Waals surface area (Å²) in [4.78, 5) is 38.2.